The molecule has 1 heterocycles. The predicted octanol–water partition coefficient (Wildman–Crippen LogP) is 2.93. The third-order valence-corrected chi connectivity index (χ3v) is 6.40. The molecule has 142 valence electrons. The lowest BCUT2D eigenvalue weighted by Gasteiger charge is -2.25. The second kappa shape index (κ2) is 8.45. The summed E-state index contributed by atoms with van der Waals surface area (Å²) < 4.78 is 27.0. The summed E-state index contributed by atoms with van der Waals surface area (Å²) in [6.07, 6.45) is 4.33. The van der Waals surface area contributed by atoms with E-state index in [9.17, 15) is 13.2 Å². The summed E-state index contributed by atoms with van der Waals surface area (Å²) in [6, 6.07) is 13.8. The zero-order chi connectivity index (χ0) is 19.3. The number of benzene rings is 2. The molecule has 6 nitrogen and oxygen atoms in total. The van der Waals surface area contributed by atoms with E-state index in [0.717, 1.165) is 30.4 Å². The van der Waals surface area contributed by atoms with Gasteiger partial charge in [0.25, 0.3) is 5.91 Å². The molecule has 0 bridgehead atoms. The van der Waals surface area contributed by atoms with Crippen molar-refractivity contribution in [3.05, 3.63) is 65.2 Å². The quantitative estimate of drug-likeness (QED) is 0.635. The molecular formula is C20H23N3O3S. The zero-order valence-electron chi connectivity index (χ0n) is 15.3. The molecule has 7 heteroatoms. The van der Waals surface area contributed by atoms with Crippen LogP contribution in [-0.4, -0.2) is 37.9 Å². The zero-order valence-corrected chi connectivity index (χ0v) is 16.1. The van der Waals surface area contributed by atoms with Crippen LogP contribution in [0, 0.1) is 6.92 Å². The number of rotatable bonds is 5. The Bertz CT molecular complexity index is 931. The predicted molar refractivity (Wildman–Crippen MR) is 105 cm³/mol. The van der Waals surface area contributed by atoms with Crippen molar-refractivity contribution < 1.29 is 13.2 Å². The van der Waals surface area contributed by atoms with Gasteiger partial charge in [-0.25, -0.2) is 13.8 Å². The minimum Gasteiger partial charge on any atom is -0.267 e. The standard InChI is InChI=1S/C20H23N3O3S/c1-16-8-10-17(11-9-16)15-21-22-20(24)18-6-5-7-19(14-18)27(25,26)23-12-3-2-4-13-23/h5-11,14-15H,2-4,12-13H2,1H3,(H,22,24)/b21-15-. The van der Waals surface area contributed by atoms with E-state index in [1.807, 2.05) is 31.2 Å². The van der Waals surface area contributed by atoms with Gasteiger partial charge in [0, 0.05) is 18.7 Å². The van der Waals surface area contributed by atoms with Gasteiger partial charge in [0.15, 0.2) is 0 Å². The average molecular weight is 385 g/mol. The fourth-order valence-corrected chi connectivity index (χ4v) is 4.50. The van der Waals surface area contributed by atoms with Gasteiger partial charge in [-0.2, -0.15) is 9.41 Å². The van der Waals surface area contributed by atoms with Gasteiger partial charge in [-0.1, -0.05) is 42.3 Å². The molecule has 0 atom stereocenters. The molecule has 0 radical (unpaired) electrons. The number of aryl methyl sites for hydroxylation is 1. The molecule has 0 unspecified atom stereocenters. The first-order chi connectivity index (χ1) is 13.0. The van der Waals surface area contributed by atoms with Crippen LogP contribution in [-0.2, 0) is 10.0 Å². The molecule has 1 N–H and O–H groups in total. The molecule has 2 aromatic rings. The lowest BCUT2D eigenvalue weighted by molar-refractivity contribution is 0.0955. The van der Waals surface area contributed by atoms with Crippen molar-refractivity contribution in [3.8, 4) is 0 Å². The van der Waals surface area contributed by atoms with Crippen LogP contribution in [0.15, 0.2) is 58.5 Å². The highest BCUT2D eigenvalue weighted by Crippen LogP contribution is 2.21. The van der Waals surface area contributed by atoms with Crippen LogP contribution in [0.4, 0.5) is 0 Å². The van der Waals surface area contributed by atoms with Crippen LogP contribution >= 0.6 is 0 Å². The van der Waals surface area contributed by atoms with Gasteiger partial charge in [-0.05, 0) is 43.5 Å². The number of piperidine rings is 1. The third-order valence-electron chi connectivity index (χ3n) is 4.51. The van der Waals surface area contributed by atoms with E-state index in [1.54, 1.807) is 18.3 Å². The van der Waals surface area contributed by atoms with Crippen molar-refractivity contribution in [1.29, 1.82) is 0 Å². The summed E-state index contributed by atoms with van der Waals surface area (Å²) >= 11 is 0. The molecular weight excluding hydrogens is 362 g/mol. The highest BCUT2D eigenvalue weighted by atomic mass is 32.2. The molecule has 2 aromatic carbocycles. The highest BCUT2D eigenvalue weighted by molar-refractivity contribution is 7.89. The fourth-order valence-electron chi connectivity index (χ4n) is 2.93. The van der Waals surface area contributed by atoms with Crippen molar-refractivity contribution in [3.63, 3.8) is 0 Å². The minimum absolute atomic E-state index is 0.138. The molecule has 0 aliphatic carbocycles. The summed E-state index contributed by atoms with van der Waals surface area (Å²) in [5.41, 5.74) is 4.71. The third kappa shape index (κ3) is 4.81. The molecule has 27 heavy (non-hydrogen) atoms. The number of hydrogen-bond donors (Lipinski definition) is 1. The van der Waals surface area contributed by atoms with E-state index >= 15 is 0 Å². The first-order valence-electron chi connectivity index (χ1n) is 8.97. The molecule has 3 rings (SSSR count). The van der Waals surface area contributed by atoms with Gasteiger partial charge in [-0.15, -0.1) is 0 Å². The maximum Gasteiger partial charge on any atom is 0.271 e. The van der Waals surface area contributed by atoms with Gasteiger partial charge in [-0.3, -0.25) is 4.79 Å². The Balaban J connectivity index is 1.70. The fraction of sp³-hybridized carbons (Fsp3) is 0.300. The molecule has 1 aliphatic rings. The van der Waals surface area contributed by atoms with Crippen LogP contribution in [0.3, 0.4) is 0 Å². The molecule has 1 amide bonds. The van der Waals surface area contributed by atoms with Crippen LogP contribution in [0.1, 0.15) is 40.7 Å². The number of carbonyl (C=O) groups is 1. The van der Waals surface area contributed by atoms with Gasteiger partial charge in [0.1, 0.15) is 0 Å². The Kier molecular flexibility index (Phi) is 6.03. The Morgan fingerprint density at radius 3 is 2.48 bits per heavy atom. The van der Waals surface area contributed by atoms with Gasteiger partial charge in [0.2, 0.25) is 10.0 Å². The second-order valence-electron chi connectivity index (χ2n) is 6.60. The Labute approximate surface area is 159 Å². The normalized spacial score (nSPS) is 15.7. The maximum absolute atomic E-state index is 12.8. The van der Waals surface area contributed by atoms with Crippen molar-refractivity contribution in [2.45, 2.75) is 31.1 Å². The van der Waals surface area contributed by atoms with Crippen molar-refractivity contribution in [1.82, 2.24) is 9.73 Å². The van der Waals surface area contributed by atoms with Crippen molar-refractivity contribution in [2.75, 3.05) is 13.1 Å². The summed E-state index contributed by atoms with van der Waals surface area (Å²) in [7, 11) is -3.57. The molecule has 1 aliphatic heterocycles. The van der Waals surface area contributed by atoms with E-state index in [2.05, 4.69) is 10.5 Å². The summed E-state index contributed by atoms with van der Waals surface area (Å²) in [4.78, 5) is 12.4. The number of nitrogens with one attached hydrogen (secondary N) is 1. The Morgan fingerprint density at radius 1 is 1.07 bits per heavy atom. The lowest BCUT2D eigenvalue weighted by Crippen LogP contribution is -2.35. The van der Waals surface area contributed by atoms with Crippen LogP contribution in [0.2, 0.25) is 0 Å². The SMILES string of the molecule is Cc1ccc(/C=N\NC(=O)c2cccc(S(=O)(=O)N3CCCCC3)c2)cc1. The van der Waals surface area contributed by atoms with Gasteiger partial charge in [0.05, 0.1) is 11.1 Å². The largest absolute Gasteiger partial charge is 0.271 e. The number of hydrogen-bond acceptors (Lipinski definition) is 4. The second-order valence-corrected chi connectivity index (χ2v) is 8.54. The van der Waals surface area contributed by atoms with Crippen LogP contribution in [0.5, 0.6) is 0 Å². The van der Waals surface area contributed by atoms with Crippen LogP contribution in [0.25, 0.3) is 0 Å². The number of nitrogens with zero attached hydrogens (tertiary/aromatic N) is 2. The number of sulfonamides is 1. The highest BCUT2D eigenvalue weighted by Gasteiger charge is 2.26. The topological polar surface area (TPSA) is 78.8 Å². The average Bonchev–Trinajstić information content (AvgIpc) is 2.70. The van der Waals surface area contributed by atoms with Gasteiger partial charge < -0.3 is 0 Å². The molecule has 0 spiro atoms. The van der Waals surface area contributed by atoms with Gasteiger partial charge >= 0.3 is 0 Å². The van der Waals surface area contributed by atoms with Crippen molar-refractivity contribution >= 4 is 22.1 Å². The first-order valence-corrected chi connectivity index (χ1v) is 10.4. The first kappa shape index (κ1) is 19.3. The van der Waals surface area contributed by atoms with E-state index < -0.39 is 15.9 Å². The summed E-state index contributed by atoms with van der Waals surface area (Å²) in [5, 5.41) is 3.94. The van der Waals surface area contributed by atoms with E-state index in [0.29, 0.717) is 13.1 Å². The Hall–Kier alpha value is -2.51. The number of hydrazone groups is 1. The molecule has 1 saturated heterocycles. The lowest BCUT2D eigenvalue weighted by atomic mass is 10.2. The molecule has 0 aromatic heterocycles. The smallest absolute Gasteiger partial charge is 0.267 e. The van der Waals surface area contributed by atoms with E-state index in [4.69, 9.17) is 0 Å². The summed E-state index contributed by atoms with van der Waals surface area (Å²) in [6.45, 7) is 3.05. The molecule has 1 fully saturated rings. The molecule has 0 saturated carbocycles. The van der Waals surface area contributed by atoms with Crippen molar-refractivity contribution in [2.24, 2.45) is 5.10 Å². The Morgan fingerprint density at radius 2 is 1.78 bits per heavy atom. The van der Waals surface area contributed by atoms with Crippen LogP contribution < -0.4 is 5.43 Å². The number of carbonyl (C=O) groups excluding carboxylic acids is 1. The number of amides is 1. The minimum atomic E-state index is -3.57. The monoisotopic (exact) mass is 385 g/mol. The maximum atomic E-state index is 12.8. The summed E-state index contributed by atoms with van der Waals surface area (Å²) in [5.74, 6) is -0.450. The van der Waals surface area contributed by atoms with E-state index in [-0.39, 0.29) is 10.5 Å². The van der Waals surface area contributed by atoms with E-state index in [1.165, 1.54) is 16.4 Å².